The van der Waals surface area contributed by atoms with E-state index < -0.39 is 18.0 Å². The average molecular weight is 315 g/mol. The highest BCUT2D eigenvalue weighted by molar-refractivity contribution is 5.75. The first-order valence-electron chi connectivity index (χ1n) is 7.27. The van der Waals surface area contributed by atoms with Crippen molar-refractivity contribution in [3.05, 3.63) is 41.7 Å². The molecule has 0 N–H and O–H groups in total. The Morgan fingerprint density at radius 3 is 2.61 bits per heavy atom. The standard InChI is InChI=1S/C17H17NO5/c1-3-21-17(20)13-8-15(10-18)23-16(9-13)12-4-6-14(7-5-12)22-11(2)19/h4-8,13,16H,3,9H2,1-2H3/t13-,16+/m0/s1. The van der Waals surface area contributed by atoms with Crippen molar-refractivity contribution < 1.29 is 23.8 Å². The second-order valence-electron chi connectivity index (χ2n) is 5.01. The molecule has 6 heteroatoms. The van der Waals surface area contributed by atoms with Crippen LogP contribution in [0.1, 0.15) is 31.9 Å². The maximum Gasteiger partial charge on any atom is 0.313 e. The van der Waals surface area contributed by atoms with Crippen LogP contribution in [0.5, 0.6) is 5.75 Å². The van der Waals surface area contributed by atoms with Crippen molar-refractivity contribution >= 4 is 11.9 Å². The Morgan fingerprint density at radius 2 is 2.04 bits per heavy atom. The normalized spacial score (nSPS) is 19.8. The Labute approximate surface area is 134 Å². The fourth-order valence-electron chi connectivity index (χ4n) is 2.32. The molecule has 23 heavy (non-hydrogen) atoms. The largest absolute Gasteiger partial charge is 0.476 e. The molecule has 0 radical (unpaired) electrons. The molecule has 0 unspecified atom stereocenters. The number of carbonyl (C=O) groups is 2. The number of rotatable bonds is 4. The summed E-state index contributed by atoms with van der Waals surface area (Å²) in [4.78, 5) is 22.8. The van der Waals surface area contributed by atoms with Gasteiger partial charge in [0.25, 0.3) is 0 Å². The molecule has 0 fully saturated rings. The molecule has 1 aromatic carbocycles. The van der Waals surface area contributed by atoms with Crippen molar-refractivity contribution in [3.63, 3.8) is 0 Å². The number of nitrogens with zero attached hydrogens (tertiary/aromatic N) is 1. The van der Waals surface area contributed by atoms with E-state index in [1.165, 1.54) is 13.0 Å². The van der Waals surface area contributed by atoms with Gasteiger partial charge in [-0.15, -0.1) is 0 Å². The number of esters is 2. The maximum atomic E-state index is 11.9. The quantitative estimate of drug-likeness (QED) is 0.627. The first kappa shape index (κ1) is 16.6. The zero-order valence-electron chi connectivity index (χ0n) is 12.9. The summed E-state index contributed by atoms with van der Waals surface area (Å²) >= 11 is 0. The highest BCUT2D eigenvalue weighted by Crippen LogP contribution is 2.34. The van der Waals surface area contributed by atoms with Gasteiger partial charge in [-0.3, -0.25) is 9.59 Å². The summed E-state index contributed by atoms with van der Waals surface area (Å²) in [7, 11) is 0. The molecule has 2 atom stereocenters. The molecule has 1 aliphatic heterocycles. The van der Waals surface area contributed by atoms with Gasteiger partial charge in [-0.25, -0.2) is 0 Å². The van der Waals surface area contributed by atoms with E-state index in [4.69, 9.17) is 19.5 Å². The van der Waals surface area contributed by atoms with Gasteiger partial charge in [0.05, 0.1) is 12.5 Å². The van der Waals surface area contributed by atoms with Gasteiger partial charge in [0, 0.05) is 13.3 Å². The van der Waals surface area contributed by atoms with Crippen LogP contribution >= 0.6 is 0 Å². The van der Waals surface area contributed by atoms with Crippen molar-refractivity contribution in [1.82, 2.24) is 0 Å². The Hall–Kier alpha value is -2.81. The molecule has 1 aliphatic rings. The van der Waals surface area contributed by atoms with E-state index in [-0.39, 0.29) is 18.3 Å². The van der Waals surface area contributed by atoms with Crippen LogP contribution in [-0.2, 0) is 19.1 Å². The van der Waals surface area contributed by atoms with Crippen molar-refractivity contribution in [2.75, 3.05) is 6.61 Å². The van der Waals surface area contributed by atoms with E-state index in [1.807, 2.05) is 6.07 Å². The smallest absolute Gasteiger partial charge is 0.313 e. The van der Waals surface area contributed by atoms with Gasteiger partial charge in [-0.1, -0.05) is 12.1 Å². The van der Waals surface area contributed by atoms with E-state index in [9.17, 15) is 9.59 Å². The SMILES string of the molecule is CCOC(=O)[C@H]1C=C(C#N)O[C@@H](c2ccc(OC(C)=O)cc2)C1. The Kier molecular flexibility index (Phi) is 5.36. The lowest BCUT2D eigenvalue weighted by Gasteiger charge is -2.26. The van der Waals surface area contributed by atoms with Gasteiger partial charge >= 0.3 is 11.9 Å². The molecule has 2 rings (SSSR count). The van der Waals surface area contributed by atoms with Gasteiger partial charge < -0.3 is 14.2 Å². The Balaban J connectivity index is 2.16. The van der Waals surface area contributed by atoms with Crippen molar-refractivity contribution in [2.24, 2.45) is 5.92 Å². The molecular weight excluding hydrogens is 298 g/mol. The minimum Gasteiger partial charge on any atom is -0.476 e. The van der Waals surface area contributed by atoms with Crippen LogP contribution in [0.2, 0.25) is 0 Å². The van der Waals surface area contributed by atoms with Crippen LogP contribution in [0, 0.1) is 17.2 Å². The molecular formula is C17H17NO5. The zero-order valence-corrected chi connectivity index (χ0v) is 12.9. The lowest BCUT2D eigenvalue weighted by molar-refractivity contribution is -0.148. The monoisotopic (exact) mass is 315 g/mol. The molecule has 0 saturated carbocycles. The predicted octanol–water partition coefficient (Wildman–Crippen LogP) is 2.66. The Bertz CT molecular complexity index is 657. The van der Waals surface area contributed by atoms with Crippen LogP contribution in [-0.4, -0.2) is 18.5 Å². The summed E-state index contributed by atoms with van der Waals surface area (Å²) in [6, 6.07) is 8.70. The number of benzene rings is 1. The van der Waals surface area contributed by atoms with E-state index in [1.54, 1.807) is 31.2 Å². The number of nitriles is 1. The fraction of sp³-hybridized carbons (Fsp3) is 0.353. The molecule has 0 aromatic heterocycles. The van der Waals surface area contributed by atoms with E-state index in [0.717, 1.165) is 5.56 Å². The van der Waals surface area contributed by atoms with E-state index in [2.05, 4.69) is 0 Å². The third-order valence-electron chi connectivity index (χ3n) is 3.30. The fourth-order valence-corrected chi connectivity index (χ4v) is 2.32. The third kappa shape index (κ3) is 4.33. The van der Waals surface area contributed by atoms with Gasteiger partial charge in [-0.05, 0) is 30.7 Å². The second-order valence-corrected chi connectivity index (χ2v) is 5.01. The highest BCUT2D eigenvalue weighted by Gasteiger charge is 2.30. The molecule has 1 aromatic rings. The molecule has 0 bridgehead atoms. The molecule has 0 aliphatic carbocycles. The summed E-state index contributed by atoms with van der Waals surface area (Å²) in [5.74, 6) is -0.760. The Morgan fingerprint density at radius 1 is 1.35 bits per heavy atom. The highest BCUT2D eigenvalue weighted by atomic mass is 16.5. The number of ether oxygens (including phenoxy) is 3. The third-order valence-corrected chi connectivity index (χ3v) is 3.30. The first-order chi connectivity index (χ1) is 11.0. The van der Waals surface area contributed by atoms with E-state index >= 15 is 0 Å². The molecule has 120 valence electrons. The van der Waals surface area contributed by atoms with Crippen LogP contribution in [0.3, 0.4) is 0 Å². The molecule has 0 amide bonds. The van der Waals surface area contributed by atoms with Gasteiger partial charge in [0.2, 0.25) is 0 Å². The maximum absolute atomic E-state index is 11.9. The summed E-state index contributed by atoms with van der Waals surface area (Å²) in [5, 5.41) is 9.08. The molecule has 0 spiro atoms. The van der Waals surface area contributed by atoms with Crippen molar-refractivity contribution in [2.45, 2.75) is 26.4 Å². The van der Waals surface area contributed by atoms with Crippen LogP contribution < -0.4 is 4.74 Å². The van der Waals surface area contributed by atoms with Gasteiger partial charge in [0.1, 0.15) is 17.9 Å². The first-order valence-corrected chi connectivity index (χ1v) is 7.27. The summed E-state index contributed by atoms with van der Waals surface area (Å²) in [5.41, 5.74) is 0.788. The number of allylic oxidation sites excluding steroid dienone is 1. The van der Waals surface area contributed by atoms with Crippen LogP contribution in [0.4, 0.5) is 0 Å². The lowest BCUT2D eigenvalue weighted by Crippen LogP contribution is -2.23. The minimum absolute atomic E-state index is 0.100. The zero-order chi connectivity index (χ0) is 16.8. The number of hydrogen-bond acceptors (Lipinski definition) is 6. The van der Waals surface area contributed by atoms with Gasteiger partial charge in [0.15, 0.2) is 5.76 Å². The van der Waals surface area contributed by atoms with Crippen LogP contribution in [0.25, 0.3) is 0 Å². The van der Waals surface area contributed by atoms with Crippen LogP contribution in [0.15, 0.2) is 36.1 Å². The second kappa shape index (κ2) is 7.45. The number of hydrogen-bond donors (Lipinski definition) is 0. The molecule has 0 saturated heterocycles. The van der Waals surface area contributed by atoms with Crippen molar-refractivity contribution in [3.8, 4) is 11.8 Å². The summed E-state index contributed by atoms with van der Waals surface area (Å²) in [6.07, 6.45) is 1.44. The molecule has 1 heterocycles. The predicted molar refractivity (Wildman–Crippen MR) is 80.0 cm³/mol. The van der Waals surface area contributed by atoms with Gasteiger partial charge in [-0.2, -0.15) is 5.26 Å². The topological polar surface area (TPSA) is 85.6 Å². The van der Waals surface area contributed by atoms with E-state index in [0.29, 0.717) is 12.2 Å². The summed E-state index contributed by atoms with van der Waals surface area (Å²) < 4.78 is 15.6. The summed E-state index contributed by atoms with van der Waals surface area (Å²) in [6.45, 7) is 3.34. The lowest BCUT2D eigenvalue weighted by atomic mass is 9.93. The minimum atomic E-state index is -0.517. The number of carbonyl (C=O) groups excluding carboxylic acids is 2. The average Bonchev–Trinajstić information content (AvgIpc) is 2.54. The van der Waals surface area contributed by atoms with Crippen molar-refractivity contribution in [1.29, 1.82) is 5.26 Å². The molecule has 6 nitrogen and oxygen atoms in total.